The molecule has 22 heavy (non-hydrogen) atoms. The molecule has 0 fully saturated rings. The zero-order chi connectivity index (χ0) is 14.5. The van der Waals surface area contributed by atoms with Crippen LogP contribution in [-0.4, -0.2) is 9.55 Å². The normalized spacial score (nSPS) is 15.0. The van der Waals surface area contributed by atoms with E-state index in [9.17, 15) is 0 Å². The van der Waals surface area contributed by atoms with Crippen molar-refractivity contribution in [3.63, 3.8) is 0 Å². The van der Waals surface area contributed by atoms with Crippen molar-refractivity contribution < 1.29 is 0 Å². The van der Waals surface area contributed by atoms with Crippen LogP contribution in [0.4, 0.5) is 0 Å². The van der Waals surface area contributed by atoms with Crippen molar-refractivity contribution in [3.8, 4) is 0 Å². The van der Waals surface area contributed by atoms with Gasteiger partial charge < -0.3 is 9.55 Å². The molecule has 0 atom stereocenters. The highest BCUT2D eigenvalue weighted by Gasteiger charge is 2.12. The number of hydrogen-bond acceptors (Lipinski definition) is 0. The van der Waals surface area contributed by atoms with E-state index < -0.39 is 0 Å². The molecule has 0 unspecified atom stereocenters. The smallest absolute Gasteiger partial charge is 0.0560 e. The monoisotopic (exact) mass is 284 g/mol. The minimum atomic E-state index is 1.10. The summed E-state index contributed by atoms with van der Waals surface area (Å²) in [5.74, 6) is 0. The maximum Gasteiger partial charge on any atom is 0.0560 e. The Labute approximate surface area is 128 Å². The molecular weight excluding hydrogens is 268 g/mol. The number of benzene rings is 2. The van der Waals surface area contributed by atoms with Gasteiger partial charge in [-0.2, -0.15) is 0 Å². The molecule has 5 rings (SSSR count). The summed E-state index contributed by atoms with van der Waals surface area (Å²) in [4.78, 5) is 3.59. The van der Waals surface area contributed by atoms with Gasteiger partial charge in [-0.1, -0.05) is 36.4 Å². The van der Waals surface area contributed by atoms with E-state index in [0.29, 0.717) is 0 Å². The molecule has 0 saturated heterocycles. The molecule has 2 aromatic carbocycles. The van der Waals surface area contributed by atoms with Gasteiger partial charge in [0.15, 0.2) is 0 Å². The molecule has 0 aliphatic heterocycles. The molecule has 2 aromatic heterocycles. The summed E-state index contributed by atoms with van der Waals surface area (Å²) < 4.78 is 2.32. The summed E-state index contributed by atoms with van der Waals surface area (Å²) >= 11 is 0. The lowest BCUT2D eigenvalue weighted by Crippen LogP contribution is -1.96. The average Bonchev–Trinajstić information content (AvgIpc) is 3.16. The van der Waals surface area contributed by atoms with Crippen LogP contribution in [-0.2, 0) is 0 Å². The van der Waals surface area contributed by atoms with E-state index in [1.54, 1.807) is 0 Å². The first kappa shape index (κ1) is 11.9. The standard InChI is InChI=1S/C20H16N2/c1-2-6-14(7-3-1)22-13-12-17-19(22)11-10-16-15-8-4-5-9-18(15)21-20(16)17/h1-2,4-6,8-13,21H,3,7H2. The molecule has 2 nitrogen and oxygen atoms in total. The van der Waals surface area contributed by atoms with Gasteiger partial charge in [-0.15, -0.1) is 0 Å². The molecule has 4 aromatic rings. The number of H-pyrrole nitrogens is 1. The molecule has 1 N–H and O–H groups in total. The predicted molar refractivity (Wildman–Crippen MR) is 93.9 cm³/mol. The number of nitrogens with one attached hydrogen (secondary N) is 1. The van der Waals surface area contributed by atoms with E-state index in [2.05, 4.69) is 76.4 Å². The van der Waals surface area contributed by atoms with E-state index in [-0.39, 0.29) is 0 Å². The Morgan fingerprint density at radius 3 is 2.77 bits per heavy atom. The van der Waals surface area contributed by atoms with Crippen LogP contribution in [0.5, 0.6) is 0 Å². The van der Waals surface area contributed by atoms with Crippen LogP contribution in [0.2, 0.25) is 0 Å². The van der Waals surface area contributed by atoms with Crippen molar-refractivity contribution in [3.05, 3.63) is 66.9 Å². The van der Waals surface area contributed by atoms with Crippen molar-refractivity contribution in [2.45, 2.75) is 12.8 Å². The van der Waals surface area contributed by atoms with Crippen LogP contribution < -0.4 is 0 Å². The molecule has 2 heterocycles. The summed E-state index contributed by atoms with van der Waals surface area (Å²) in [6.45, 7) is 0. The Hall–Kier alpha value is -2.74. The molecule has 106 valence electrons. The number of allylic oxidation sites excluding steroid dienone is 4. The van der Waals surface area contributed by atoms with E-state index in [4.69, 9.17) is 0 Å². The zero-order valence-corrected chi connectivity index (χ0v) is 12.2. The van der Waals surface area contributed by atoms with Crippen LogP contribution in [0.25, 0.3) is 38.4 Å². The second-order valence-corrected chi connectivity index (χ2v) is 5.90. The maximum atomic E-state index is 3.59. The molecule has 0 spiro atoms. The number of para-hydroxylation sites is 1. The molecule has 0 bridgehead atoms. The largest absolute Gasteiger partial charge is 0.354 e. The van der Waals surface area contributed by atoms with Gasteiger partial charge in [0.2, 0.25) is 0 Å². The lowest BCUT2D eigenvalue weighted by molar-refractivity contribution is 0.964. The third-order valence-electron chi connectivity index (χ3n) is 4.65. The van der Waals surface area contributed by atoms with Gasteiger partial charge in [0, 0.05) is 33.6 Å². The van der Waals surface area contributed by atoms with Gasteiger partial charge in [-0.3, -0.25) is 0 Å². The Morgan fingerprint density at radius 2 is 1.86 bits per heavy atom. The first-order chi connectivity index (χ1) is 10.9. The summed E-state index contributed by atoms with van der Waals surface area (Å²) in [5, 5.41) is 3.90. The Morgan fingerprint density at radius 1 is 0.909 bits per heavy atom. The number of fused-ring (bicyclic) bond motifs is 5. The first-order valence-corrected chi connectivity index (χ1v) is 7.78. The topological polar surface area (TPSA) is 20.7 Å². The lowest BCUT2D eigenvalue weighted by Gasteiger charge is -2.12. The summed E-state index contributed by atoms with van der Waals surface area (Å²) in [6, 6.07) is 15.2. The number of nitrogens with zero attached hydrogens (tertiary/aromatic N) is 1. The molecule has 1 aliphatic carbocycles. The minimum absolute atomic E-state index is 1.10. The van der Waals surface area contributed by atoms with E-state index >= 15 is 0 Å². The SMILES string of the molecule is C1=CCCC(n2ccc3c4[nH]c5ccccc5c4ccc32)=C1. The highest BCUT2D eigenvalue weighted by atomic mass is 15.0. The number of aromatic amines is 1. The van der Waals surface area contributed by atoms with Gasteiger partial charge >= 0.3 is 0 Å². The highest BCUT2D eigenvalue weighted by molar-refractivity contribution is 6.16. The fraction of sp³-hybridized carbons (Fsp3) is 0.100. The maximum absolute atomic E-state index is 3.59. The van der Waals surface area contributed by atoms with Gasteiger partial charge in [0.25, 0.3) is 0 Å². The van der Waals surface area contributed by atoms with Gasteiger partial charge in [-0.05, 0) is 37.1 Å². The summed E-state index contributed by atoms with van der Waals surface area (Å²) in [6.07, 6.45) is 11.0. The van der Waals surface area contributed by atoms with Crippen molar-refractivity contribution in [2.24, 2.45) is 0 Å². The van der Waals surface area contributed by atoms with Gasteiger partial charge in [-0.25, -0.2) is 0 Å². The first-order valence-electron chi connectivity index (χ1n) is 7.78. The van der Waals surface area contributed by atoms with Crippen LogP contribution in [0, 0.1) is 0 Å². The second kappa shape index (κ2) is 4.38. The third kappa shape index (κ3) is 1.55. The summed E-state index contributed by atoms with van der Waals surface area (Å²) in [7, 11) is 0. The molecule has 0 amide bonds. The quantitative estimate of drug-likeness (QED) is 0.478. The second-order valence-electron chi connectivity index (χ2n) is 5.90. The van der Waals surface area contributed by atoms with E-state index in [0.717, 1.165) is 12.8 Å². The average molecular weight is 284 g/mol. The molecule has 2 heteroatoms. The van der Waals surface area contributed by atoms with Crippen molar-refractivity contribution >= 4 is 38.4 Å². The molecular formula is C20H16N2. The van der Waals surface area contributed by atoms with E-state index in [1.165, 1.54) is 38.4 Å². The van der Waals surface area contributed by atoms with Crippen LogP contribution in [0.3, 0.4) is 0 Å². The van der Waals surface area contributed by atoms with Crippen LogP contribution in [0.1, 0.15) is 12.8 Å². The Kier molecular flexibility index (Phi) is 2.36. The Balaban J connectivity index is 1.85. The molecule has 0 radical (unpaired) electrons. The third-order valence-corrected chi connectivity index (χ3v) is 4.65. The minimum Gasteiger partial charge on any atom is -0.354 e. The fourth-order valence-electron chi connectivity index (χ4n) is 3.58. The van der Waals surface area contributed by atoms with Gasteiger partial charge in [0.05, 0.1) is 11.0 Å². The molecule has 0 saturated carbocycles. The van der Waals surface area contributed by atoms with Crippen molar-refractivity contribution in [2.75, 3.05) is 0 Å². The number of rotatable bonds is 1. The fourth-order valence-corrected chi connectivity index (χ4v) is 3.58. The number of hydrogen-bond donors (Lipinski definition) is 1. The molecule has 1 aliphatic rings. The summed E-state index contributed by atoms with van der Waals surface area (Å²) in [5.41, 5.74) is 5.09. The van der Waals surface area contributed by atoms with Crippen LogP contribution in [0.15, 0.2) is 66.9 Å². The predicted octanol–water partition coefficient (Wildman–Crippen LogP) is 5.47. The van der Waals surface area contributed by atoms with Gasteiger partial charge in [0.1, 0.15) is 0 Å². The van der Waals surface area contributed by atoms with Crippen molar-refractivity contribution in [1.82, 2.24) is 9.55 Å². The zero-order valence-electron chi connectivity index (χ0n) is 12.2. The highest BCUT2D eigenvalue weighted by Crippen LogP contribution is 2.33. The van der Waals surface area contributed by atoms with Crippen molar-refractivity contribution in [1.29, 1.82) is 0 Å². The lowest BCUT2D eigenvalue weighted by atomic mass is 10.1. The van der Waals surface area contributed by atoms with E-state index in [1.807, 2.05) is 0 Å². The Bertz CT molecular complexity index is 1070. The van der Waals surface area contributed by atoms with Crippen LogP contribution >= 0.6 is 0 Å². The number of aromatic nitrogens is 2.